The van der Waals surface area contributed by atoms with Crippen LogP contribution in [0.5, 0.6) is 0 Å². The fraction of sp³-hybridized carbons (Fsp3) is 0.0511. The zero-order valence-corrected chi connectivity index (χ0v) is 80.3. The van der Waals surface area contributed by atoms with Crippen molar-refractivity contribution in [2.45, 2.75) is 47.1 Å². The third-order valence-corrected chi connectivity index (χ3v) is 29.6. The number of hydrogen-bond donors (Lipinski definition) is 0. The van der Waals surface area contributed by atoms with E-state index in [1.54, 1.807) is 0 Å². The normalized spacial score (nSPS) is 12.9. The van der Waals surface area contributed by atoms with Crippen molar-refractivity contribution >= 4 is 132 Å². The first-order valence-electron chi connectivity index (χ1n) is 49.7. The predicted octanol–water partition coefficient (Wildman–Crippen LogP) is 36.5. The van der Waals surface area contributed by atoms with Gasteiger partial charge in [-0.1, -0.05) is 339 Å². The molecule has 21 aromatic carbocycles. The molecular formula is C137H100N6. The van der Waals surface area contributed by atoms with Crippen molar-refractivity contribution in [3.05, 3.63) is 536 Å². The van der Waals surface area contributed by atoms with Crippen molar-refractivity contribution in [2.75, 3.05) is 4.90 Å². The SMILES string of the molecule is C1=C(c2ccc3c(c2)c2ccccc2n3-c2cccc(-c3ccccc3)c2)C=C2c3ccccc3N(c3cccc(-c4ccccc4)c3)C2C1.Cc1cc(C)c(-n2c3ccccc3c3cc(-c4ccc5c(c4)c4ccccc4n5-c4cccc(-c5ccccc5)c4)ccc32)c(C)c1.Cc1cc(C)cc(-n2c3ccccc3c3cc(-c4ccc5c(c4)c4ccccc4n5-c4cccc(-c5ccccc5)c4)ccc32)c1. The summed E-state index contributed by atoms with van der Waals surface area (Å²) >= 11 is 0. The summed E-state index contributed by atoms with van der Waals surface area (Å²) in [6, 6.07) is 178. The van der Waals surface area contributed by atoms with E-state index in [4.69, 9.17) is 0 Å². The lowest BCUT2D eigenvalue weighted by Gasteiger charge is -2.30. The van der Waals surface area contributed by atoms with Gasteiger partial charge in [-0.25, -0.2) is 0 Å². The van der Waals surface area contributed by atoms with Gasteiger partial charge in [0, 0.05) is 93.6 Å². The van der Waals surface area contributed by atoms with Crippen molar-refractivity contribution in [1.82, 2.24) is 22.8 Å². The van der Waals surface area contributed by atoms with Gasteiger partial charge in [-0.2, -0.15) is 0 Å². The van der Waals surface area contributed by atoms with Crippen LogP contribution < -0.4 is 4.90 Å². The zero-order chi connectivity index (χ0) is 95.4. The molecule has 0 spiro atoms. The largest absolute Gasteiger partial charge is 0.333 e. The van der Waals surface area contributed by atoms with E-state index in [2.05, 4.69) is 560 Å². The summed E-state index contributed by atoms with van der Waals surface area (Å²) in [5, 5.41) is 12.7. The fourth-order valence-electron chi connectivity index (χ4n) is 23.4. The van der Waals surface area contributed by atoms with Gasteiger partial charge in [0.25, 0.3) is 0 Å². The highest BCUT2D eigenvalue weighted by Crippen LogP contribution is 2.52. The average Bonchev–Trinajstić information content (AvgIpc) is 1.58. The van der Waals surface area contributed by atoms with E-state index in [0.717, 1.165) is 6.42 Å². The standard InChI is InChI=1S/C48H34N2.C45H34N2.C44H32N2/c1-3-13-33(14-4-1)35-17-11-19-39(29-35)49-45-23-9-7-21-41(45)43-31-37(25-27-47(43)49)38-26-28-48-44(32-38)42-22-8-10-24-46(42)50(48)40-20-12-18-36(30-40)34-15-5-2-6-16-34;1-29-24-30(2)45(31(3)25-29)47-42-19-10-8-17-38(42)40-28-35(21-23-44(40)47)34-20-22-43-39(27-34)37-16-7-9-18-41(37)46(43)36-15-11-14-33(26-36)32-12-5-4-6-13-32;1-29-23-30(2)25-36(24-29)46-42-18-9-7-16-38(42)40-28-34(20-22-44(40)46)33-19-21-43-39(27-33)37-15-6-8-17-41(37)45(43)35-14-10-13-32(26-35)31-11-4-3-5-12-31/h1-27,29-32,48H,28H2;4-28H,1-3H3;3-28H,1-2H3. The fourth-order valence-corrected chi connectivity index (χ4v) is 23.4. The molecule has 1 unspecified atom stereocenters. The molecule has 6 heteroatoms. The van der Waals surface area contributed by atoms with E-state index in [-0.39, 0.29) is 6.04 Å². The Balaban J connectivity index is 0.000000110. The van der Waals surface area contributed by atoms with Gasteiger partial charge in [0.1, 0.15) is 0 Å². The molecule has 6 nitrogen and oxygen atoms in total. The van der Waals surface area contributed by atoms with Crippen LogP contribution in [0.25, 0.3) is 215 Å². The maximum Gasteiger partial charge on any atom is 0.0633 e. The van der Waals surface area contributed by atoms with Crippen LogP contribution >= 0.6 is 0 Å². The predicted molar refractivity (Wildman–Crippen MR) is 607 cm³/mol. The first kappa shape index (κ1) is 85.3. The Morgan fingerprint density at radius 1 is 0.189 bits per heavy atom. The van der Waals surface area contributed by atoms with Crippen molar-refractivity contribution in [3.63, 3.8) is 0 Å². The van der Waals surface area contributed by atoms with Crippen LogP contribution in [-0.2, 0) is 0 Å². The van der Waals surface area contributed by atoms with Gasteiger partial charge in [-0.05, 0) is 311 Å². The minimum absolute atomic E-state index is 0.254. The van der Waals surface area contributed by atoms with Crippen molar-refractivity contribution in [2.24, 2.45) is 0 Å². The second-order valence-corrected chi connectivity index (χ2v) is 38.6. The third-order valence-electron chi connectivity index (χ3n) is 29.6. The van der Waals surface area contributed by atoms with Gasteiger partial charge in [-0.15, -0.1) is 0 Å². The van der Waals surface area contributed by atoms with E-state index in [9.17, 15) is 0 Å². The van der Waals surface area contributed by atoms with Gasteiger partial charge >= 0.3 is 0 Å². The molecule has 2 aliphatic rings. The average molecular weight is 1830 g/mol. The number of aromatic nitrogens is 5. The summed E-state index contributed by atoms with van der Waals surface area (Å²) in [4.78, 5) is 2.54. The van der Waals surface area contributed by atoms with Gasteiger partial charge in [0.05, 0.1) is 66.9 Å². The monoisotopic (exact) mass is 1830 g/mol. The number of hydrogen-bond acceptors (Lipinski definition) is 1. The molecule has 0 saturated carbocycles. The Bertz CT molecular complexity index is 9580. The first-order valence-corrected chi connectivity index (χ1v) is 49.7. The Labute approximate surface area is 832 Å². The highest BCUT2D eigenvalue weighted by atomic mass is 15.2. The summed E-state index contributed by atoms with van der Waals surface area (Å²) < 4.78 is 12.1. The van der Waals surface area contributed by atoms with Crippen LogP contribution in [0.2, 0.25) is 0 Å². The number of anilines is 2. The molecule has 1 aliphatic carbocycles. The van der Waals surface area contributed by atoms with E-state index < -0.39 is 0 Å². The maximum atomic E-state index is 2.54. The molecule has 678 valence electrons. The Hall–Kier alpha value is -18.1. The van der Waals surface area contributed by atoms with Crippen LogP contribution in [-0.4, -0.2) is 28.9 Å². The summed E-state index contributed by atoms with van der Waals surface area (Å²) in [5.41, 5.74) is 47.1. The molecule has 6 heterocycles. The Morgan fingerprint density at radius 2 is 0.462 bits per heavy atom. The zero-order valence-electron chi connectivity index (χ0n) is 80.3. The molecule has 0 radical (unpaired) electrons. The van der Waals surface area contributed by atoms with Crippen molar-refractivity contribution in [3.8, 4) is 95.2 Å². The van der Waals surface area contributed by atoms with E-state index in [0.29, 0.717) is 0 Å². The first-order chi connectivity index (χ1) is 70.5. The quantitative estimate of drug-likeness (QED) is 0.113. The molecule has 0 amide bonds. The van der Waals surface area contributed by atoms with Gasteiger partial charge in [0.15, 0.2) is 0 Å². The van der Waals surface area contributed by atoms with Gasteiger partial charge in [0.2, 0.25) is 0 Å². The molecule has 0 bridgehead atoms. The number of aryl methyl sites for hydroxylation is 5. The summed E-state index contributed by atoms with van der Waals surface area (Å²) in [6.45, 7) is 11.0. The van der Waals surface area contributed by atoms with E-state index in [1.165, 1.54) is 266 Å². The van der Waals surface area contributed by atoms with Crippen molar-refractivity contribution in [1.29, 1.82) is 0 Å². The van der Waals surface area contributed by atoms with Crippen LogP contribution in [0, 0.1) is 34.6 Å². The Kier molecular flexibility index (Phi) is 21.1. The third kappa shape index (κ3) is 15.0. The highest BCUT2D eigenvalue weighted by molar-refractivity contribution is 6.17. The molecule has 0 N–H and O–H groups in total. The molecule has 1 aliphatic heterocycles. The number of fused-ring (bicyclic) bond motifs is 18. The Morgan fingerprint density at radius 3 is 0.839 bits per heavy atom. The molecule has 28 rings (SSSR count). The molecule has 0 fully saturated rings. The number of nitrogens with zero attached hydrogens (tertiary/aromatic N) is 6. The second kappa shape index (κ2) is 35.4. The molecule has 26 aromatic rings. The minimum atomic E-state index is 0.254. The topological polar surface area (TPSA) is 27.9 Å². The van der Waals surface area contributed by atoms with Crippen LogP contribution in [0.15, 0.2) is 497 Å². The van der Waals surface area contributed by atoms with Gasteiger partial charge < -0.3 is 27.7 Å². The smallest absolute Gasteiger partial charge is 0.0633 e. The molecular weight excluding hydrogens is 1730 g/mol. The summed E-state index contributed by atoms with van der Waals surface area (Å²) in [7, 11) is 0. The number of rotatable bonds is 13. The number of para-hydroxylation sites is 6. The van der Waals surface area contributed by atoms with Crippen molar-refractivity contribution < 1.29 is 0 Å². The number of allylic oxidation sites excluding steroid dienone is 2. The number of benzene rings is 21. The van der Waals surface area contributed by atoms with Crippen LogP contribution in [0.3, 0.4) is 0 Å². The second-order valence-electron chi connectivity index (χ2n) is 38.6. The molecule has 5 aromatic heterocycles. The lowest BCUT2D eigenvalue weighted by atomic mass is 9.89. The van der Waals surface area contributed by atoms with Crippen LogP contribution in [0.1, 0.15) is 45.4 Å². The lowest BCUT2D eigenvalue weighted by molar-refractivity contribution is 0.831. The van der Waals surface area contributed by atoms with Gasteiger partial charge in [-0.3, -0.25) is 0 Å². The van der Waals surface area contributed by atoms with E-state index >= 15 is 0 Å². The summed E-state index contributed by atoms with van der Waals surface area (Å²) in [5.74, 6) is 0. The molecule has 1 atom stereocenters. The maximum absolute atomic E-state index is 2.54. The highest BCUT2D eigenvalue weighted by Gasteiger charge is 2.37. The lowest BCUT2D eigenvalue weighted by Crippen LogP contribution is -2.27. The van der Waals surface area contributed by atoms with E-state index in [1.807, 2.05) is 0 Å². The summed E-state index contributed by atoms with van der Waals surface area (Å²) in [6.07, 6.45) is 5.83. The molecule has 143 heavy (non-hydrogen) atoms. The van der Waals surface area contributed by atoms with Crippen LogP contribution in [0.4, 0.5) is 11.4 Å². The minimum Gasteiger partial charge on any atom is -0.333 e. The molecule has 0 saturated heterocycles.